The van der Waals surface area contributed by atoms with Gasteiger partial charge in [0.15, 0.2) is 0 Å². The van der Waals surface area contributed by atoms with Crippen molar-refractivity contribution in [1.29, 1.82) is 0 Å². The van der Waals surface area contributed by atoms with Gasteiger partial charge in [-0.25, -0.2) is 0 Å². The zero-order chi connectivity index (χ0) is 8.24. The Labute approximate surface area is 81.2 Å². The third-order valence-electron chi connectivity index (χ3n) is 1.20. The molecule has 0 amide bonds. The molecule has 58 valence electrons. The third-order valence-corrected chi connectivity index (χ3v) is 1.20. The fraction of sp³-hybridized carbons (Fsp3) is 0.857. The molecule has 10 heavy (non-hydrogen) atoms. The van der Waals surface area contributed by atoms with E-state index in [-0.39, 0.29) is 0 Å². The molecule has 0 aromatic carbocycles. The van der Waals surface area contributed by atoms with Crippen molar-refractivity contribution < 1.29 is 16.3 Å². The summed E-state index contributed by atoms with van der Waals surface area (Å²) >= 11 is 4.25. The Morgan fingerprint density at radius 2 is 1.60 bits per heavy atom. The van der Waals surface area contributed by atoms with Crippen LogP contribution in [0.15, 0.2) is 0 Å². The van der Waals surface area contributed by atoms with Gasteiger partial charge >= 0.3 is 30.0 Å². The monoisotopic (exact) mass is 257 g/mol. The number of hydrogen-bond acceptors (Lipinski definition) is 1. The number of nitrogens with two attached hydrogens (primary N) is 1. The maximum atomic E-state index is 5.30. The minimum absolute atomic E-state index is 0.844. The van der Waals surface area contributed by atoms with Gasteiger partial charge in [-0.15, -0.1) is 0 Å². The summed E-state index contributed by atoms with van der Waals surface area (Å²) < 4.78 is 0. The van der Waals surface area contributed by atoms with Crippen LogP contribution in [0.25, 0.3) is 0 Å². The molecule has 2 N–H and O–H groups in total. The molecule has 3 heteroatoms. The first-order valence-corrected chi connectivity index (χ1v) is 10.6. The van der Waals surface area contributed by atoms with E-state index >= 15 is 0 Å². The average molecular weight is 260 g/mol. The molecular formula is C7H16BrNZn. The molecule has 0 rings (SSSR count). The first kappa shape index (κ1) is 13.6. The Hall–Kier alpha value is 1.06. The van der Waals surface area contributed by atoms with Crippen LogP contribution < -0.4 is 5.73 Å². The molecule has 0 aromatic heterocycles. The van der Waals surface area contributed by atoms with Crippen molar-refractivity contribution in [2.75, 3.05) is 6.54 Å². The first-order valence-electron chi connectivity index (χ1n) is 3.68. The van der Waals surface area contributed by atoms with E-state index in [9.17, 15) is 0 Å². The zero-order valence-corrected chi connectivity index (χ0v) is 11.2. The Kier molecular flexibility index (Phi) is 22.6. The van der Waals surface area contributed by atoms with Crippen molar-refractivity contribution in [2.45, 2.75) is 32.1 Å². The summed E-state index contributed by atoms with van der Waals surface area (Å²) in [4.78, 5) is 0. The van der Waals surface area contributed by atoms with Gasteiger partial charge in [-0.3, -0.25) is 0 Å². The van der Waals surface area contributed by atoms with Gasteiger partial charge in [-0.2, -0.15) is 6.42 Å². The second-order valence-electron chi connectivity index (χ2n) is 2.06. The number of hydrogen-bond donors (Lipinski definition) is 1. The molecule has 0 aliphatic rings. The van der Waals surface area contributed by atoms with E-state index in [1.165, 1.54) is 42.0 Å². The summed E-state index contributed by atoms with van der Waals surface area (Å²) in [6, 6.07) is 0. The average Bonchev–Trinajstić information content (AvgIpc) is 2.02. The summed E-state index contributed by atoms with van der Waals surface area (Å²) in [6.07, 6.45) is 6.11. The third kappa shape index (κ3) is 16.0. The molecule has 0 bridgehead atoms. The summed E-state index contributed by atoms with van der Waals surface area (Å²) in [5.74, 6) is 0. The molecule has 1 nitrogen and oxygen atoms in total. The summed E-state index contributed by atoms with van der Waals surface area (Å²) in [7, 11) is 0. The summed E-state index contributed by atoms with van der Waals surface area (Å²) in [5, 5.41) is 0. The van der Waals surface area contributed by atoms with Gasteiger partial charge in [-0.05, 0) is 13.0 Å². The maximum absolute atomic E-state index is 5.30. The molecular weight excluding hydrogens is 243 g/mol. The van der Waals surface area contributed by atoms with Crippen LogP contribution in [0, 0.1) is 6.92 Å². The van der Waals surface area contributed by atoms with Crippen LogP contribution >= 0.6 is 13.6 Å². The number of unbranched alkanes of at least 4 members (excludes halogenated alkanes) is 4. The molecule has 0 atom stereocenters. The van der Waals surface area contributed by atoms with Crippen LogP contribution in [0.4, 0.5) is 0 Å². The van der Waals surface area contributed by atoms with Gasteiger partial charge < -0.3 is 12.7 Å². The number of halogens is 1. The van der Waals surface area contributed by atoms with E-state index in [4.69, 9.17) is 5.73 Å². The second kappa shape index (κ2) is 16.6. The first-order chi connectivity index (χ1) is 4.91. The molecule has 0 heterocycles. The summed E-state index contributed by atoms with van der Waals surface area (Å²) in [6.45, 7) is 4.60. The topological polar surface area (TPSA) is 26.0 Å². The Balaban J connectivity index is 0. The molecule has 0 aliphatic heterocycles. The normalized spacial score (nSPS) is 8.50. The minimum atomic E-state index is 0.844. The fourth-order valence-electron chi connectivity index (χ4n) is 0.675. The quantitative estimate of drug-likeness (QED) is 0.458. The molecule has 0 aromatic rings. The van der Waals surface area contributed by atoms with Crippen LogP contribution in [0.3, 0.4) is 0 Å². The van der Waals surface area contributed by atoms with E-state index in [1.807, 2.05) is 0 Å². The van der Waals surface area contributed by atoms with Crippen molar-refractivity contribution in [2.24, 2.45) is 5.73 Å². The van der Waals surface area contributed by atoms with Crippen molar-refractivity contribution in [3.8, 4) is 0 Å². The van der Waals surface area contributed by atoms with Crippen LogP contribution in [-0.2, 0) is 16.3 Å². The molecule has 0 saturated heterocycles. The van der Waals surface area contributed by atoms with Crippen LogP contribution in [0.2, 0.25) is 0 Å². The van der Waals surface area contributed by atoms with Crippen molar-refractivity contribution in [3.63, 3.8) is 0 Å². The molecule has 0 fully saturated rings. The van der Waals surface area contributed by atoms with E-state index < -0.39 is 0 Å². The van der Waals surface area contributed by atoms with Gasteiger partial charge in [0, 0.05) is 0 Å². The van der Waals surface area contributed by atoms with E-state index in [2.05, 4.69) is 20.5 Å². The molecule has 0 radical (unpaired) electrons. The number of rotatable bonds is 5. The van der Waals surface area contributed by atoms with Gasteiger partial charge in [0.2, 0.25) is 0 Å². The van der Waals surface area contributed by atoms with Gasteiger partial charge in [0.25, 0.3) is 0 Å². The van der Waals surface area contributed by atoms with E-state index in [1.54, 1.807) is 0 Å². The van der Waals surface area contributed by atoms with Crippen LogP contribution in [-0.4, -0.2) is 6.54 Å². The van der Waals surface area contributed by atoms with Crippen molar-refractivity contribution in [1.82, 2.24) is 0 Å². The summed E-state index contributed by atoms with van der Waals surface area (Å²) in [5.41, 5.74) is 5.30. The predicted octanol–water partition coefficient (Wildman–Crippen LogP) is 2.57. The van der Waals surface area contributed by atoms with E-state index in [0.29, 0.717) is 0 Å². The fourth-order valence-corrected chi connectivity index (χ4v) is 0.675. The molecule has 0 spiro atoms. The van der Waals surface area contributed by atoms with Gasteiger partial charge in [-0.1, -0.05) is 19.3 Å². The second-order valence-corrected chi connectivity index (χ2v) is 2.06. The van der Waals surface area contributed by atoms with Gasteiger partial charge in [0.05, 0.1) is 0 Å². The van der Waals surface area contributed by atoms with E-state index in [0.717, 1.165) is 13.0 Å². The van der Waals surface area contributed by atoms with Crippen molar-refractivity contribution >= 4 is 13.6 Å². The van der Waals surface area contributed by atoms with Gasteiger partial charge in [0.1, 0.15) is 0 Å². The molecule has 0 unspecified atom stereocenters. The zero-order valence-electron chi connectivity index (χ0n) is 6.61. The molecule has 0 aliphatic carbocycles. The van der Waals surface area contributed by atoms with Crippen LogP contribution in [0.1, 0.15) is 32.1 Å². The Morgan fingerprint density at radius 1 is 1.10 bits per heavy atom. The molecule has 0 saturated carbocycles. The predicted molar refractivity (Wildman–Crippen MR) is 46.4 cm³/mol. The standard InChI is InChI=1S/C7H16N.BrH.Zn/c1-2-3-4-5-6-7-8;;/h1-8H2;1H;/q-1;;+2/p-1. The van der Waals surface area contributed by atoms with Crippen molar-refractivity contribution in [3.05, 3.63) is 6.92 Å². The Morgan fingerprint density at radius 3 is 2.00 bits per heavy atom. The van der Waals surface area contributed by atoms with Crippen LogP contribution in [0.5, 0.6) is 0 Å². The Bertz CT molecular complexity index is 38.6. The SMILES string of the molecule is [CH2-]CCCCCCN.[Zn+][Br].